The van der Waals surface area contributed by atoms with Crippen LogP contribution in [0.1, 0.15) is 106 Å². The lowest BCUT2D eigenvalue weighted by atomic mass is 9.72. The lowest BCUT2D eigenvalue weighted by Gasteiger charge is -2.41. The molecule has 0 aliphatic rings. The number of ether oxygens (including phenoxy) is 3. The monoisotopic (exact) mass is 408 g/mol. The molecule has 0 spiro atoms. The third-order valence-electron chi connectivity index (χ3n) is 4.96. The van der Waals surface area contributed by atoms with Crippen LogP contribution in [-0.4, -0.2) is 47.1 Å². The second-order valence-corrected chi connectivity index (χ2v) is 7.39. The number of unbranched alkanes of at least 4 members (excludes halogenated alkanes) is 3. The van der Waals surface area contributed by atoms with Gasteiger partial charge in [0.15, 0.2) is 0 Å². The standard InChI is InChI=1S/C14H30O3.C8H18O3/c1-4-7-10-13(11-8-5-2,12-9-6-3)14(15,16)17;1-5-9-8(4,10-6-2)11-7-3/h15-17H,4-12H2,1-3H3;5-7H2,1-4H3. The van der Waals surface area contributed by atoms with Crippen LogP contribution < -0.4 is 0 Å². The second kappa shape index (κ2) is 16.5. The Kier molecular flexibility index (Phi) is 17.7. The first-order valence-electron chi connectivity index (χ1n) is 11.2. The maximum absolute atomic E-state index is 9.72. The van der Waals surface area contributed by atoms with E-state index in [-0.39, 0.29) is 0 Å². The second-order valence-electron chi connectivity index (χ2n) is 7.39. The van der Waals surface area contributed by atoms with Crippen LogP contribution in [-0.2, 0) is 14.2 Å². The van der Waals surface area contributed by atoms with Crippen molar-refractivity contribution in [2.24, 2.45) is 5.41 Å². The fraction of sp³-hybridized carbons (Fsp3) is 1.00. The molecule has 0 radical (unpaired) electrons. The molecular weight excluding hydrogens is 360 g/mol. The van der Waals surface area contributed by atoms with Gasteiger partial charge in [0.2, 0.25) is 0 Å². The van der Waals surface area contributed by atoms with Gasteiger partial charge in [-0.05, 0) is 40.0 Å². The van der Waals surface area contributed by atoms with Crippen LogP contribution >= 0.6 is 0 Å². The summed E-state index contributed by atoms with van der Waals surface area (Å²) < 4.78 is 15.8. The summed E-state index contributed by atoms with van der Waals surface area (Å²) in [5.74, 6) is -3.38. The smallest absolute Gasteiger partial charge is 0.281 e. The van der Waals surface area contributed by atoms with Gasteiger partial charge in [0.25, 0.3) is 11.9 Å². The molecule has 0 amide bonds. The van der Waals surface area contributed by atoms with E-state index in [9.17, 15) is 15.3 Å². The van der Waals surface area contributed by atoms with Gasteiger partial charge in [0.05, 0.1) is 5.41 Å². The third kappa shape index (κ3) is 12.3. The van der Waals surface area contributed by atoms with Gasteiger partial charge in [0.1, 0.15) is 0 Å². The van der Waals surface area contributed by atoms with Crippen molar-refractivity contribution in [1.82, 2.24) is 0 Å². The molecule has 28 heavy (non-hydrogen) atoms. The van der Waals surface area contributed by atoms with Crippen molar-refractivity contribution in [3.8, 4) is 0 Å². The highest BCUT2D eigenvalue weighted by molar-refractivity contribution is 4.85. The molecule has 0 atom stereocenters. The lowest BCUT2D eigenvalue weighted by Crippen LogP contribution is -2.48. The van der Waals surface area contributed by atoms with E-state index in [2.05, 4.69) is 20.8 Å². The molecule has 0 aromatic heterocycles. The molecule has 0 aliphatic heterocycles. The summed E-state index contributed by atoms with van der Waals surface area (Å²) in [6.07, 6.45) is 7.87. The molecule has 0 saturated carbocycles. The van der Waals surface area contributed by atoms with Crippen molar-refractivity contribution in [2.45, 2.75) is 118 Å². The first-order valence-corrected chi connectivity index (χ1v) is 11.2. The fourth-order valence-corrected chi connectivity index (χ4v) is 3.34. The lowest BCUT2D eigenvalue weighted by molar-refractivity contribution is -0.380. The molecule has 0 rings (SSSR count). The Morgan fingerprint density at radius 2 is 0.857 bits per heavy atom. The van der Waals surface area contributed by atoms with E-state index in [0.717, 1.165) is 38.5 Å². The molecule has 0 bridgehead atoms. The molecule has 0 unspecified atom stereocenters. The maximum atomic E-state index is 9.72. The quantitative estimate of drug-likeness (QED) is 0.313. The van der Waals surface area contributed by atoms with Gasteiger partial charge in [0, 0.05) is 26.7 Å². The number of hydrogen-bond acceptors (Lipinski definition) is 6. The zero-order chi connectivity index (χ0) is 22.1. The Hall–Kier alpha value is -0.240. The van der Waals surface area contributed by atoms with Gasteiger partial charge < -0.3 is 29.5 Å². The normalized spacial score (nSPS) is 12.6. The summed E-state index contributed by atoms with van der Waals surface area (Å²) in [4.78, 5) is 0. The molecule has 6 nitrogen and oxygen atoms in total. The van der Waals surface area contributed by atoms with Gasteiger partial charge in [-0.25, -0.2) is 0 Å². The van der Waals surface area contributed by atoms with E-state index in [1.54, 1.807) is 6.92 Å². The summed E-state index contributed by atoms with van der Waals surface area (Å²) in [6.45, 7) is 15.5. The largest absolute Gasteiger partial charge is 0.343 e. The molecule has 0 saturated heterocycles. The summed E-state index contributed by atoms with van der Waals surface area (Å²) in [5.41, 5.74) is -0.741. The van der Waals surface area contributed by atoms with E-state index < -0.39 is 17.4 Å². The summed E-state index contributed by atoms with van der Waals surface area (Å²) in [7, 11) is 0. The third-order valence-corrected chi connectivity index (χ3v) is 4.96. The minimum Gasteiger partial charge on any atom is -0.343 e. The highest BCUT2D eigenvalue weighted by Gasteiger charge is 2.46. The van der Waals surface area contributed by atoms with Crippen LogP contribution in [0.2, 0.25) is 0 Å². The van der Waals surface area contributed by atoms with Gasteiger partial charge >= 0.3 is 0 Å². The van der Waals surface area contributed by atoms with E-state index in [0.29, 0.717) is 39.1 Å². The van der Waals surface area contributed by atoms with Crippen LogP contribution in [0.25, 0.3) is 0 Å². The number of hydrogen-bond donors (Lipinski definition) is 3. The molecule has 6 heteroatoms. The Balaban J connectivity index is 0. The Labute approximate surface area is 173 Å². The first-order chi connectivity index (χ1) is 13.1. The van der Waals surface area contributed by atoms with E-state index in [1.807, 2.05) is 20.8 Å². The van der Waals surface area contributed by atoms with Gasteiger partial charge in [-0.15, -0.1) is 0 Å². The highest BCUT2D eigenvalue weighted by Crippen LogP contribution is 2.43. The molecule has 172 valence electrons. The number of aliphatic hydroxyl groups is 3. The van der Waals surface area contributed by atoms with E-state index in [1.165, 1.54) is 0 Å². The van der Waals surface area contributed by atoms with Crippen LogP contribution in [0.15, 0.2) is 0 Å². The Morgan fingerprint density at radius 3 is 1.04 bits per heavy atom. The SMILES string of the molecule is CCCCC(CCCC)(CCCC)C(O)(O)O.CCOC(C)(OCC)OCC. The molecule has 0 fully saturated rings. The number of rotatable bonds is 16. The topological polar surface area (TPSA) is 88.4 Å². The molecule has 0 aromatic carbocycles. The first kappa shape index (κ1) is 30.0. The highest BCUT2D eigenvalue weighted by atomic mass is 16.9. The predicted molar refractivity (Wildman–Crippen MR) is 114 cm³/mol. The Bertz CT molecular complexity index is 302. The van der Waals surface area contributed by atoms with Crippen LogP contribution in [0.4, 0.5) is 0 Å². The van der Waals surface area contributed by atoms with Crippen molar-refractivity contribution < 1.29 is 29.5 Å². The predicted octanol–water partition coefficient (Wildman–Crippen LogP) is 4.94. The molecule has 0 heterocycles. The van der Waals surface area contributed by atoms with Crippen molar-refractivity contribution in [2.75, 3.05) is 19.8 Å². The van der Waals surface area contributed by atoms with Crippen LogP contribution in [0.5, 0.6) is 0 Å². The average Bonchev–Trinajstić information content (AvgIpc) is 2.61. The van der Waals surface area contributed by atoms with Gasteiger partial charge in [-0.1, -0.05) is 59.3 Å². The zero-order valence-electron chi connectivity index (χ0n) is 19.6. The van der Waals surface area contributed by atoms with Crippen molar-refractivity contribution in [3.63, 3.8) is 0 Å². The van der Waals surface area contributed by atoms with Crippen molar-refractivity contribution >= 4 is 0 Å². The minimum atomic E-state index is -2.54. The summed E-state index contributed by atoms with van der Waals surface area (Å²) in [6, 6.07) is 0. The fourth-order valence-electron chi connectivity index (χ4n) is 3.34. The van der Waals surface area contributed by atoms with Crippen molar-refractivity contribution in [1.29, 1.82) is 0 Å². The summed E-state index contributed by atoms with van der Waals surface area (Å²) in [5, 5.41) is 29.2. The van der Waals surface area contributed by atoms with Gasteiger partial charge in [-0.2, -0.15) is 0 Å². The summed E-state index contributed by atoms with van der Waals surface area (Å²) >= 11 is 0. The van der Waals surface area contributed by atoms with E-state index >= 15 is 0 Å². The van der Waals surface area contributed by atoms with Gasteiger partial charge in [-0.3, -0.25) is 0 Å². The molecule has 0 aliphatic carbocycles. The Morgan fingerprint density at radius 1 is 0.571 bits per heavy atom. The zero-order valence-corrected chi connectivity index (χ0v) is 19.6. The average molecular weight is 409 g/mol. The van der Waals surface area contributed by atoms with Crippen molar-refractivity contribution in [3.05, 3.63) is 0 Å². The molecular formula is C22H48O6. The minimum absolute atomic E-state index is 0.594. The molecule has 0 aromatic rings. The van der Waals surface area contributed by atoms with Crippen LogP contribution in [0.3, 0.4) is 0 Å². The van der Waals surface area contributed by atoms with Crippen LogP contribution in [0, 0.1) is 5.41 Å². The van der Waals surface area contributed by atoms with E-state index in [4.69, 9.17) is 14.2 Å². The molecule has 3 N–H and O–H groups in total. The maximum Gasteiger partial charge on any atom is 0.281 e.